The van der Waals surface area contributed by atoms with Crippen molar-refractivity contribution in [1.82, 2.24) is 9.88 Å². The topological polar surface area (TPSA) is 42.1 Å². The average Bonchev–Trinajstić information content (AvgIpc) is 2.97. The van der Waals surface area contributed by atoms with E-state index in [-0.39, 0.29) is 18.4 Å². The molecule has 2 N–H and O–H groups in total. The molecule has 1 aromatic heterocycles. The molecule has 0 bridgehead atoms. The number of hydrogen-bond donors (Lipinski definition) is 1. The second kappa shape index (κ2) is 6.68. The SMILES string of the molecule is Cc1csc(CN2C[C@@H](N)[C@H](c3ccccc3)C2)n1.Cl. The summed E-state index contributed by atoms with van der Waals surface area (Å²) in [7, 11) is 0. The van der Waals surface area contributed by atoms with Crippen LogP contribution in [0.1, 0.15) is 22.2 Å². The molecule has 0 aliphatic carbocycles. The van der Waals surface area contributed by atoms with Gasteiger partial charge in [-0.25, -0.2) is 4.98 Å². The predicted molar refractivity (Wildman–Crippen MR) is 86.5 cm³/mol. The van der Waals surface area contributed by atoms with Crippen LogP contribution in [0.2, 0.25) is 0 Å². The summed E-state index contributed by atoms with van der Waals surface area (Å²) in [5, 5.41) is 3.30. The lowest BCUT2D eigenvalue weighted by molar-refractivity contribution is 0.323. The van der Waals surface area contributed by atoms with E-state index < -0.39 is 0 Å². The molecule has 3 rings (SSSR count). The number of aryl methyl sites for hydroxylation is 1. The zero-order valence-electron chi connectivity index (χ0n) is 11.5. The molecule has 0 unspecified atom stereocenters. The Morgan fingerprint density at radius 2 is 2.05 bits per heavy atom. The van der Waals surface area contributed by atoms with E-state index in [1.54, 1.807) is 11.3 Å². The molecule has 1 fully saturated rings. The quantitative estimate of drug-likeness (QED) is 0.948. The fraction of sp³-hybridized carbons (Fsp3) is 0.400. The number of halogens is 1. The summed E-state index contributed by atoms with van der Waals surface area (Å²) in [6.45, 7) is 4.96. The third-order valence-corrected chi connectivity index (χ3v) is 4.65. The van der Waals surface area contributed by atoms with Gasteiger partial charge in [-0.15, -0.1) is 23.7 Å². The van der Waals surface area contributed by atoms with E-state index in [1.807, 2.05) is 6.92 Å². The Labute approximate surface area is 130 Å². The number of rotatable bonds is 3. The highest BCUT2D eigenvalue weighted by molar-refractivity contribution is 7.09. The summed E-state index contributed by atoms with van der Waals surface area (Å²) >= 11 is 1.74. The summed E-state index contributed by atoms with van der Waals surface area (Å²) in [5.41, 5.74) is 8.77. The minimum Gasteiger partial charge on any atom is -0.326 e. The normalized spacial score (nSPS) is 22.7. The summed E-state index contributed by atoms with van der Waals surface area (Å²) < 4.78 is 0. The third kappa shape index (κ3) is 3.38. The molecule has 1 aliphatic rings. The third-order valence-electron chi connectivity index (χ3n) is 3.69. The van der Waals surface area contributed by atoms with Crippen LogP contribution in [0.4, 0.5) is 0 Å². The maximum absolute atomic E-state index is 6.30. The van der Waals surface area contributed by atoms with Gasteiger partial charge in [0.15, 0.2) is 0 Å². The molecule has 1 aliphatic heterocycles. The Kier molecular flexibility index (Phi) is 5.16. The molecular weight excluding hydrogens is 290 g/mol. The van der Waals surface area contributed by atoms with Crippen LogP contribution >= 0.6 is 23.7 Å². The maximum atomic E-state index is 6.30. The van der Waals surface area contributed by atoms with Crippen LogP contribution in [-0.4, -0.2) is 29.0 Å². The van der Waals surface area contributed by atoms with Gasteiger partial charge in [0, 0.05) is 36.1 Å². The fourth-order valence-corrected chi connectivity index (χ4v) is 3.58. The van der Waals surface area contributed by atoms with Gasteiger partial charge in [-0.3, -0.25) is 4.90 Å². The highest BCUT2D eigenvalue weighted by atomic mass is 35.5. The molecular formula is C15H20ClN3S. The minimum atomic E-state index is 0. The van der Waals surface area contributed by atoms with Crippen LogP contribution in [0.5, 0.6) is 0 Å². The van der Waals surface area contributed by atoms with Gasteiger partial charge in [0.25, 0.3) is 0 Å². The van der Waals surface area contributed by atoms with Crippen molar-refractivity contribution in [1.29, 1.82) is 0 Å². The van der Waals surface area contributed by atoms with Gasteiger partial charge in [-0.05, 0) is 12.5 Å². The Hall–Kier alpha value is -0.940. The van der Waals surface area contributed by atoms with Crippen LogP contribution in [0.15, 0.2) is 35.7 Å². The van der Waals surface area contributed by atoms with Crippen LogP contribution in [0.25, 0.3) is 0 Å². The Morgan fingerprint density at radius 1 is 1.30 bits per heavy atom. The van der Waals surface area contributed by atoms with Crippen LogP contribution in [0, 0.1) is 6.92 Å². The molecule has 2 aromatic rings. The number of nitrogens with two attached hydrogens (primary N) is 1. The Morgan fingerprint density at radius 3 is 2.70 bits per heavy atom. The standard InChI is InChI=1S/C15H19N3S.ClH/c1-11-10-19-15(17-11)9-18-7-13(14(16)8-18)12-5-3-2-4-6-12;/h2-6,10,13-14H,7-9,16H2,1H3;1H/t13-,14+;/m0./s1. The lowest BCUT2D eigenvalue weighted by Crippen LogP contribution is -2.28. The van der Waals surface area contributed by atoms with Gasteiger partial charge in [0.2, 0.25) is 0 Å². The molecule has 2 heterocycles. The van der Waals surface area contributed by atoms with E-state index in [0.717, 1.165) is 25.3 Å². The van der Waals surface area contributed by atoms with Crippen molar-refractivity contribution in [2.24, 2.45) is 5.73 Å². The molecule has 2 atom stereocenters. The van der Waals surface area contributed by atoms with Crippen LogP contribution in [0.3, 0.4) is 0 Å². The Bertz CT molecular complexity index is 543. The predicted octanol–water partition coefficient (Wildman–Crippen LogP) is 2.80. The first-order valence-corrected chi connectivity index (χ1v) is 7.54. The summed E-state index contributed by atoms with van der Waals surface area (Å²) in [4.78, 5) is 6.95. The summed E-state index contributed by atoms with van der Waals surface area (Å²) in [6, 6.07) is 10.8. The average molecular weight is 310 g/mol. The first-order chi connectivity index (χ1) is 9.22. The number of thiazole rings is 1. The summed E-state index contributed by atoms with van der Waals surface area (Å²) in [5.74, 6) is 0.447. The van der Waals surface area contributed by atoms with E-state index >= 15 is 0 Å². The Balaban J connectivity index is 0.00000147. The molecule has 1 aromatic carbocycles. The van der Waals surface area contributed by atoms with Gasteiger partial charge >= 0.3 is 0 Å². The van der Waals surface area contributed by atoms with Crippen molar-refractivity contribution < 1.29 is 0 Å². The molecule has 0 amide bonds. The zero-order chi connectivity index (χ0) is 13.2. The highest BCUT2D eigenvalue weighted by Gasteiger charge is 2.31. The first kappa shape index (κ1) is 15.4. The monoisotopic (exact) mass is 309 g/mol. The van der Waals surface area contributed by atoms with Gasteiger partial charge < -0.3 is 5.73 Å². The van der Waals surface area contributed by atoms with E-state index in [9.17, 15) is 0 Å². The van der Waals surface area contributed by atoms with Crippen molar-refractivity contribution in [2.45, 2.75) is 25.4 Å². The molecule has 0 spiro atoms. The van der Waals surface area contributed by atoms with Crippen molar-refractivity contribution in [3.63, 3.8) is 0 Å². The smallest absolute Gasteiger partial charge is 0.107 e. The largest absolute Gasteiger partial charge is 0.326 e. The molecule has 0 saturated carbocycles. The van der Waals surface area contributed by atoms with Gasteiger partial charge in [-0.1, -0.05) is 30.3 Å². The molecule has 1 saturated heterocycles. The molecule has 108 valence electrons. The molecule has 20 heavy (non-hydrogen) atoms. The maximum Gasteiger partial charge on any atom is 0.107 e. The number of hydrogen-bond acceptors (Lipinski definition) is 4. The lowest BCUT2D eigenvalue weighted by atomic mass is 9.95. The molecule has 0 radical (unpaired) electrons. The number of aromatic nitrogens is 1. The van der Waals surface area contributed by atoms with Crippen molar-refractivity contribution in [2.75, 3.05) is 13.1 Å². The second-order valence-corrected chi connectivity index (χ2v) is 6.20. The number of benzene rings is 1. The minimum absolute atomic E-state index is 0. The van der Waals surface area contributed by atoms with Crippen LogP contribution in [-0.2, 0) is 6.54 Å². The van der Waals surface area contributed by atoms with E-state index in [4.69, 9.17) is 5.73 Å². The lowest BCUT2D eigenvalue weighted by Gasteiger charge is -2.14. The van der Waals surface area contributed by atoms with E-state index in [2.05, 4.69) is 45.6 Å². The number of likely N-dealkylation sites (tertiary alicyclic amines) is 1. The van der Waals surface area contributed by atoms with Crippen molar-refractivity contribution in [3.05, 3.63) is 52.0 Å². The number of nitrogens with zero attached hydrogens (tertiary/aromatic N) is 2. The summed E-state index contributed by atoms with van der Waals surface area (Å²) in [6.07, 6.45) is 0. The zero-order valence-corrected chi connectivity index (χ0v) is 13.2. The fourth-order valence-electron chi connectivity index (χ4n) is 2.76. The first-order valence-electron chi connectivity index (χ1n) is 6.66. The van der Waals surface area contributed by atoms with E-state index in [1.165, 1.54) is 10.6 Å². The molecule has 5 heteroatoms. The molecule has 3 nitrogen and oxygen atoms in total. The second-order valence-electron chi connectivity index (χ2n) is 5.26. The van der Waals surface area contributed by atoms with Crippen molar-refractivity contribution in [3.8, 4) is 0 Å². The van der Waals surface area contributed by atoms with E-state index in [0.29, 0.717) is 5.92 Å². The highest BCUT2D eigenvalue weighted by Crippen LogP contribution is 2.27. The van der Waals surface area contributed by atoms with Crippen LogP contribution < -0.4 is 5.73 Å². The van der Waals surface area contributed by atoms with Gasteiger partial charge in [0.1, 0.15) is 5.01 Å². The van der Waals surface area contributed by atoms with Crippen molar-refractivity contribution >= 4 is 23.7 Å². The van der Waals surface area contributed by atoms with Gasteiger partial charge in [-0.2, -0.15) is 0 Å². The van der Waals surface area contributed by atoms with Gasteiger partial charge in [0.05, 0.1) is 6.54 Å².